The summed E-state index contributed by atoms with van der Waals surface area (Å²) in [6.45, 7) is 4.22. The summed E-state index contributed by atoms with van der Waals surface area (Å²) in [6, 6.07) is 10.4. The number of carbonyl (C=O) groups is 1. The Hall–Kier alpha value is -2.29. The summed E-state index contributed by atoms with van der Waals surface area (Å²) in [6.07, 6.45) is 5.85. The first-order valence-electron chi connectivity index (χ1n) is 7.60. The van der Waals surface area contributed by atoms with Gasteiger partial charge in [-0.3, -0.25) is 4.79 Å². The average molecular weight is 297 g/mol. The van der Waals surface area contributed by atoms with Crippen molar-refractivity contribution >= 4 is 16.7 Å². The Kier molecular flexibility index (Phi) is 5.59. The molecule has 22 heavy (non-hydrogen) atoms. The molecule has 2 aromatic carbocycles. The van der Waals surface area contributed by atoms with Crippen molar-refractivity contribution in [3.63, 3.8) is 0 Å². The minimum absolute atomic E-state index is 0.00644. The fourth-order valence-corrected chi connectivity index (χ4v) is 2.73. The lowest BCUT2D eigenvalue weighted by molar-refractivity contribution is -0.118. The highest BCUT2D eigenvalue weighted by atomic mass is 16.5. The number of hydrogen-bond donors (Lipinski definition) is 1. The number of rotatable bonds is 6. The molecule has 3 nitrogen and oxygen atoms in total. The second-order valence-corrected chi connectivity index (χ2v) is 5.27. The molecule has 116 valence electrons. The first-order valence-corrected chi connectivity index (χ1v) is 7.60. The van der Waals surface area contributed by atoms with Gasteiger partial charge in [0.1, 0.15) is 5.75 Å². The summed E-state index contributed by atoms with van der Waals surface area (Å²) in [5.41, 5.74) is 2.45. The predicted molar refractivity (Wildman–Crippen MR) is 91.4 cm³/mol. The molecule has 0 saturated carbocycles. The third-order valence-corrected chi connectivity index (χ3v) is 3.74. The third kappa shape index (κ3) is 3.67. The first kappa shape index (κ1) is 16.1. The second kappa shape index (κ2) is 7.64. The fraction of sp³-hybridized carbons (Fsp3) is 0.316. The molecule has 0 bridgehead atoms. The van der Waals surface area contributed by atoms with Gasteiger partial charge in [0.25, 0.3) is 0 Å². The van der Waals surface area contributed by atoms with Crippen LogP contribution in [-0.2, 0) is 17.6 Å². The van der Waals surface area contributed by atoms with Crippen molar-refractivity contribution in [2.75, 3.05) is 13.7 Å². The zero-order chi connectivity index (χ0) is 15.9. The van der Waals surface area contributed by atoms with Crippen LogP contribution in [0.5, 0.6) is 5.75 Å². The van der Waals surface area contributed by atoms with Gasteiger partial charge in [0.15, 0.2) is 0 Å². The Labute approximate surface area is 132 Å². The third-order valence-electron chi connectivity index (χ3n) is 3.74. The predicted octanol–water partition coefficient (Wildman–Crippen LogP) is 3.65. The quantitative estimate of drug-likeness (QED) is 0.827. The number of methoxy groups -OCH3 is 1. The molecule has 3 heteroatoms. The number of benzene rings is 2. The minimum Gasteiger partial charge on any atom is -0.496 e. The van der Waals surface area contributed by atoms with E-state index in [1.807, 2.05) is 13.0 Å². The Morgan fingerprint density at radius 2 is 2.09 bits per heavy atom. The molecular formula is C19H23NO2. The molecule has 0 fully saturated rings. The van der Waals surface area contributed by atoms with Crippen LogP contribution in [0, 0.1) is 0 Å². The Morgan fingerprint density at radius 1 is 1.27 bits per heavy atom. The lowest BCUT2D eigenvalue weighted by atomic mass is 9.94. The van der Waals surface area contributed by atoms with Crippen molar-refractivity contribution in [3.05, 3.63) is 53.6 Å². The summed E-state index contributed by atoms with van der Waals surface area (Å²) in [4.78, 5) is 11.1. The van der Waals surface area contributed by atoms with E-state index < -0.39 is 0 Å². The van der Waals surface area contributed by atoms with Crippen LogP contribution in [-0.4, -0.2) is 19.6 Å². The maximum Gasteiger partial charge on any atom is 0.216 e. The highest BCUT2D eigenvalue weighted by Gasteiger charge is 2.11. The zero-order valence-corrected chi connectivity index (χ0v) is 13.5. The maximum absolute atomic E-state index is 11.1. The molecule has 0 radical (unpaired) electrons. The summed E-state index contributed by atoms with van der Waals surface area (Å²) in [7, 11) is 1.71. The molecule has 2 aromatic rings. The SMILES string of the molecule is CC=CCc1c(OC)ccc2cccc(CCNC(C)=O)c12. The van der Waals surface area contributed by atoms with E-state index in [9.17, 15) is 4.79 Å². The highest BCUT2D eigenvalue weighted by molar-refractivity contribution is 5.91. The molecule has 0 aromatic heterocycles. The molecule has 0 saturated heterocycles. The van der Waals surface area contributed by atoms with Crippen LogP contribution in [0.3, 0.4) is 0 Å². The summed E-state index contributed by atoms with van der Waals surface area (Å²) < 4.78 is 5.54. The van der Waals surface area contributed by atoms with Crippen molar-refractivity contribution < 1.29 is 9.53 Å². The minimum atomic E-state index is 0.00644. The van der Waals surface area contributed by atoms with E-state index in [1.165, 1.54) is 21.9 Å². The van der Waals surface area contributed by atoms with Crippen LogP contribution in [0.1, 0.15) is 25.0 Å². The van der Waals surface area contributed by atoms with Gasteiger partial charge in [0.05, 0.1) is 7.11 Å². The van der Waals surface area contributed by atoms with E-state index in [4.69, 9.17) is 4.74 Å². The van der Waals surface area contributed by atoms with Gasteiger partial charge < -0.3 is 10.1 Å². The zero-order valence-electron chi connectivity index (χ0n) is 13.5. The maximum atomic E-state index is 11.1. The Balaban J connectivity index is 2.48. The number of fused-ring (bicyclic) bond motifs is 1. The Bertz CT molecular complexity index is 689. The van der Waals surface area contributed by atoms with Gasteiger partial charge >= 0.3 is 0 Å². The van der Waals surface area contributed by atoms with Crippen molar-refractivity contribution in [2.45, 2.75) is 26.7 Å². The van der Waals surface area contributed by atoms with Crippen LogP contribution in [0.15, 0.2) is 42.5 Å². The van der Waals surface area contributed by atoms with Crippen molar-refractivity contribution in [2.24, 2.45) is 0 Å². The monoisotopic (exact) mass is 297 g/mol. The van der Waals surface area contributed by atoms with Gasteiger partial charge in [0, 0.05) is 19.0 Å². The molecule has 0 aliphatic heterocycles. The molecule has 0 spiro atoms. The van der Waals surface area contributed by atoms with Crippen LogP contribution in [0.2, 0.25) is 0 Å². The average Bonchev–Trinajstić information content (AvgIpc) is 2.52. The molecular weight excluding hydrogens is 274 g/mol. The van der Waals surface area contributed by atoms with Gasteiger partial charge in [-0.15, -0.1) is 0 Å². The van der Waals surface area contributed by atoms with Gasteiger partial charge in [-0.1, -0.05) is 36.4 Å². The number of hydrogen-bond acceptors (Lipinski definition) is 2. The fourth-order valence-electron chi connectivity index (χ4n) is 2.73. The Morgan fingerprint density at radius 3 is 2.77 bits per heavy atom. The summed E-state index contributed by atoms with van der Waals surface area (Å²) in [5, 5.41) is 5.32. The van der Waals surface area contributed by atoms with Crippen LogP contribution in [0.4, 0.5) is 0 Å². The van der Waals surface area contributed by atoms with Gasteiger partial charge in [-0.05, 0) is 42.2 Å². The van der Waals surface area contributed by atoms with E-state index in [1.54, 1.807) is 14.0 Å². The van der Waals surface area contributed by atoms with Crippen molar-refractivity contribution in [3.8, 4) is 5.75 Å². The number of nitrogens with one attached hydrogen (secondary N) is 1. The van der Waals surface area contributed by atoms with E-state index in [2.05, 4.69) is 41.7 Å². The van der Waals surface area contributed by atoms with Gasteiger partial charge in [-0.25, -0.2) is 0 Å². The number of ether oxygens (including phenoxy) is 1. The highest BCUT2D eigenvalue weighted by Crippen LogP contribution is 2.31. The molecule has 0 aliphatic carbocycles. The van der Waals surface area contributed by atoms with E-state index >= 15 is 0 Å². The molecule has 2 rings (SSSR count). The smallest absolute Gasteiger partial charge is 0.216 e. The van der Waals surface area contributed by atoms with Crippen LogP contribution in [0.25, 0.3) is 10.8 Å². The van der Waals surface area contributed by atoms with Crippen LogP contribution < -0.4 is 10.1 Å². The number of allylic oxidation sites excluding steroid dienone is 2. The molecule has 0 heterocycles. The molecule has 0 atom stereocenters. The lowest BCUT2D eigenvalue weighted by Crippen LogP contribution is -2.22. The molecule has 0 unspecified atom stereocenters. The van der Waals surface area contributed by atoms with Gasteiger partial charge in [0.2, 0.25) is 5.91 Å². The second-order valence-electron chi connectivity index (χ2n) is 5.27. The number of amides is 1. The summed E-state index contributed by atoms with van der Waals surface area (Å²) in [5.74, 6) is 0.921. The number of carbonyl (C=O) groups excluding carboxylic acids is 1. The van der Waals surface area contributed by atoms with Crippen LogP contribution >= 0.6 is 0 Å². The first-order chi connectivity index (χ1) is 10.7. The topological polar surface area (TPSA) is 38.3 Å². The molecule has 1 N–H and O–H groups in total. The molecule has 0 aliphatic rings. The summed E-state index contributed by atoms with van der Waals surface area (Å²) >= 11 is 0. The van der Waals surface area contributed by atoms with E-state index in [-0.39, 0.29) is 5.91 Å². The molecule has 1 amide bonds. The van der Waals surface area contributed by atoms with Crippen molar-refractivity contribution in [1.82, 2.24) is 5.32 Å². The van der Waals surface area contributed by atoms with E-state index in [0.29, 0.717) is 6.54 Å². The normalized spacial score (nSPS) is 11.0. The standard InChI is InChI=1S/C19H23NO2/c1-4-5-9-17-18(22-3)11-10-15-7-6-8-16(19(15)17)12-13-20-14(2)21/h4-8,10-11H,9,12-13H2,1-3H3,(H,20,21). The largest absolute Gasteiger partial charge is 0.496 e. The van der Waals surface area contributed by atoms with E-state index in [0.717, 1.165) is 18.6 Å². The van der Waals surface area contributed by atoms with Gasteiger partial charge in [-0.2, -0.15) is 0 Å². The lowest BCUT2D eigenvalue weighted by Gasteiger charge is -2.14. The van der Waals surface area contributed by atoms with Crippen molar-refractivity contribution in [1.29, 1.82) is 0 Å².